The van der Waals surface area contributed by atoms with Crippen molar-refractivity contribution in [3.63, 3.8) is 0 Å². The van der Waals surface area contributed by atoms with E-state index in [1.165, 1.54) is 83.5 Å². The molecule has 81 heavy (non-hydrogen) atoms. The van der Waals surface area contributed by atoms with Crippen LogP contribution in [0.1, 0.15) is 290 Å². The fourth-order valence-corrected chi connectivity index (χ4v) is 8.88. The molecule has 0 saturated carbocycles. The summed E-state index contributed by atoms with van der Waals surface area (Å²) in [6.07, 6.45) is 97.1. The van der Waals surface area contributed by atoms with Gasteiger partial charge in [-0.15, -0.1) is 0 Å². The number of hydrogen-bond donors (Lipinski definition) is 0. The van der Waals surface area contributed by atoms with E-state index in [4.69, 9.17) is 14.2 Å². The van der Waals surface area contributed by atoms with E-state index in [1.807, 2.05) is 0 Å². The van der Waals surface area contributed by atoms with Crippen molar-refractivity contribution in [1.82, 2.24) is 0 Å². The molecule has 0 heterocycles. The van der Waals surface area contributed by atoms with Gasteiger partial charge >= 0.3 is 17.9 Å². The number of ether oxygens (including phenoxy) is 3. The van der Waals surface area contributed by atoms with E-state index in [0.717, 1.165) is 167 Å². The molecular weight excluding hydrogens is 997 g/mol. The molecule has 0 aromatic heterocycles. The molecule has 0 radical (unpaired) electrons. The zero-order valence-corrected chi connectivity index (χ0v) is 52.5. The Balaban J connectivity index is 4.43. The van der Waals surface area contributed by atoms with E-state index in [0.29, 0.717) is 19.3 Å². The summed E-state index contributed by atoms with van der Waals surface area (Å²) >= 11 is 0. The second kappa shape index (κ2) is 67.8. The van der Waals surface area contributed by atoms with Crippen LogP contribution in [0.2, 0.25) is 0 Å². The van der Waals surface area contributed by atoms with Gasteiger partial charge in [0.2, 0.25) is 0 Å². The van der Waals surface area contributed by atoms with Gasteiger partial charge in [0.15, 0.2) is 6.10 Å². The fraction of sp³-hybridized carbons (Fsp3) is 0.640. The summed E-state index contributed by atoms with van der Waals surface area (Å²) in [6.45, 7) is 6.38. The lowest BCUT2D eigenvalue weighted by molar-refractivity contribution is -0.167. The van der Waals surface area contributed by atoms with Gasteiger partial charge in [-0.05, 0) is 141 Å². The van der Waals surface area contributed by atoms with Crippen molar-refractivity contribution >= 4 is 17.9 Å². The van der Waals surface area contributed by atoms with Crippen LogP contribution in [0.5, 0.6) is 0 Å². The van der Waals surface area contributed by atoms with E-state index in [1.54, 1.807) is 0 Å². The van der Waals surface area contributed by atoms with Crippen molar-refractivity contribution < 1.29 is 28.6 Å². The topological polar surface area (TPSA) is 78.9 Å². The molecule has 1 unspecified atom stereocenters. The highest BCUT2D eigenvalue weighted by Gasteiger charge is 2.19. The van der Waals surface area contributed by atoms with Gasteiger partial charge in [-0.1, -0.05) is 276 Å². The number of hydrogen-bond acceptors (Lipinski definition) is 6. The van der Waals surface area contributed by atoms with Crippen molar-refractivity contribution in [2.75, 3.05) is 13.2 Å². The highest BCUT2D eigenvalue weighted by atomic mass is 16.6. The average molecular weight is 1120 g/mol. The summed E-state index contributed by atoms with van der Waals surface area (Å²) in [5.74, 6) is -0.934. The first kappa shape index (κ1) is 76.3. The average Bonchev–Trinajstić information content (AvgIpc) is 3.47. The lowest BCUT2D eigenvalue weighted by Crippen LogP contribution is -2.30. The van der Waals surface area contributed by atoms with E-state index in [9.17, 15) is 14.4 Å². The quantitative estimate of drug-likeness (QED) is 0.0261. The first-order valence-corrected chi connectivity index (χ1v) is 33.3. The molecule has 1 atom stereocenters. The monoisotopic (exact) mass is 1120 g/mol. The number of carbonyl (C=O) groups is 3. The summed E-state index contributed by atoms with van der Waals surface area (Å²) in [5, 5.41) is 0. The molecule has 0 aliphatic heterocycles. The molecule has 0 rings (SSSR count). The summed E-state index contributed by atoms with van der Waals surface area (Å²) in [4.78, 5) is 38.4. The predicted octanol–water partition coefficient (Wildman–Crippen LogP) is 23.1. The van der Waals surface area contributed by atoms with Crippen molar-refractivity contribution in [1.29, 1.82) is 0 Å². The Kier molecular flexibility index (Phi) is 63.9. The van der Waals surface area contributed by atoms with Gasteiger partial charge in [-0.2, -0.15) is 0 Å². The molecule has 0 spiro atoms. The van der Waals surface area contributed by atoms with E-state index < -0.39 is 6.10 Å². The minimum absolute atomic E-state index is 0.0984. The smallest absolute Gasteiger partial charge is 0.306 e. The largest absolute Gasteiger partial charge is 0.462 e. The molecule has 0 amide bonds. The zero-order chi connectivity index (χ0) is 58.5. The third-order valence-electron chi connectivity index (χ3n) is 13.8. The molecule has 0 aliphatic rings. The van der Waals surface area contributed by atoms with E-state index >= 15 is 0 Å². The van der Waals surface area contributed by atoms with Gasteiger partial charge < -0.3 is 14.2 Å². The van der Waals surface area contributed by atoms with Crippen LogP contribution >= 0.6 is 0 Å². The number of unbranched alkanes of at least 4 members (excludes halogenated alkanes) is 24. The second-order valence-corrected chi connectivity index (χ2v) is 21.6. The van der Waals surface area contributed by atoms with Crippen molar-refractivity contribution in [3.05, 3.63) is 146 Å². The van der Waals surface area contributed by atoms with Gasteiger partial charge in [0.1, 0.15) is 13.2 Å². The lowest BCUT2D eigenvalue weighted by atomic mass is 10.1. The van der Waals surface area contributed by atoms with Crippen LogP contribution in [-0.4, -0.2) is 37.2 Å². The van der Waals surface area contributed by atoms with Crippen molar-refractivity contribution in [2.24, 2.45) is 0 Å². The van der Waals surface area contributed by atoms with Crippen LogP contribution < -0.4 is 0 Å². The number of carbonyl (C=O) groups excluding carboxylic acids is 3. The van der Waals surface area contributed by atoms with Crippen LogP contribution in [0.3, 0.4) is 0 Å². The maximum absolute atomic E-state index is 12.9. The van der Waals surface area contributed by atoms with E-state index in [2.05, 4.69) is 167 Å². The number of rotatable bonds is 59. The van der Waals surface area contributed by atoms with Crippen molar-refractivity contribution in [3.8, 4) is 0 Å². The summed E-state index contributed by atoms with van der Waals surface area (Å²) < 4.78 is 16.9. The van der Waals surface area contributed by atoms with Gasteiger partial charge in [0.05, 0.1) is 0 Å². The molecule has 0 N–H and O–H groups in total. The van der Waals surface area contributed by atoms with Crippen LogP contribution in [-0.2, 0) is 28.6 Å². The van der Waals surface area contributed by atoms with E-state index in [-0.39, 0.29) is 31.1 Å². The summed E-state index contributed by atoms with van der Waals surface area (Å²) in [5.41, 5.74) is 0. The fourth-order valence-electron chi connectivity index (χ4n) is 8.88. The van der Waals surface area contributed by atoms with Crippen LogP contribution in [0.15, 0.2) is 146 Å². The molecule has 6 nitrogen and oxygen atoms in total. The first-order chi connectivity index (χ1) is 40.0. The van der Waals surface area contributed by atoms with Gasteiger partial charge in [0.25, 0.3) is 0 Å². The Morgan fingerprint density at radius 3 is 0.753 bits per heavy atom. The SMILES string of the molecule is CC/C=C\C/C=C\C/C=C\C/C=C\C/C=C\C/C=C\CCCCCCCCCCC(=O)OCC(COC(=O)CCCCCCC/C=C\C/C=C\C/C=C\CC)OC(=O)CCCCCCCC/C=C\C/C=C\C/C=C\CCCCCCC. The van der Waals surface area contributed by atoms with Crippen molar-refractivity contribution in [2.45, 2.75) is 297 Å². The molecule has 0 saturated heterocycles. The molecule has 6 heteroatoms. The van der Waals surface area contributed by atoms with Crippen LogP contribution in [0, 0.1) is 0 Å². The van der Waals surface area contributed by atoms with Crippen LogP contribution in [0.25, 0.3) is 0 Å². The Bertz CT molecular complexity index is 1760. The zero-order valence-electron chi connectivity index (χ0n) is 52.5. The maximum atomic E-state index is 12.9. The highest BCUT2D eigenvalue weighted by molar-refractivity contribution is 5.71. The first-order valence-electron chi connectivity index (χ1n) is 33.3. The Morgan fingerprint density at radius 1 is 0.259 bits per heavy atom. The van der Waals surface area contributed by atoms with Crippen LogP contribution in [0.4, 0.5) is 0 Å². The Morgan fingerprint density at radius 2 is 0.481 bits per heavy atom. The third-order valence-corrected chi connectivity index (χ3v) is 13.8. The molecule has 0 fully saturated rings. The lowest BCUT2D eigenvalue weighted by Gasteiger charge is -2.18. The molecule has 0 aliphatic carbocycles. The van der Waals surface area contributed by atoms with Gasteiger partial charge in [0, 0.05) is 19.3 Å². The molecular formula is C75H122O6. The number of esters is 3. The molecule has 0 bridgehead atoms. The normalized spacial score (nSPS) is 13.1. The third kappa shape index (κ3) is 66.0. The summed E-state index contributed by atoms with van der Waals surface area (Å²) in [6, 6.07) is 0. The molecule has 458 valence electrons. The maximum Gasteiger partial charge on any atom is 0.306 e. The standard InChI is InChI=1S/C75H122O6/c1-4-7-10-13-16-19-22-25-28-30-32-34-35-36-37-38-39-41-42-44-47-50-53-56-59-62-65-68-74(77)80-71-72(70-79-73(76)67-64-61-58-55-52-49-46-27-24-21-18-15-12-9-6-3)81-75(78)69-66-63-60-57-54-51-48-45-43-40-33-31-29-26-23-20-17-14-11-8-5-2/h7,9-10,12,16,18-19,21,23,25-28,31-34,36-37,39,41,43,45-46,72H,4-6,8,11,13-15,17,20,22,24,29-30,35,38,40,42,44,47-71H2,1-3H3/b10-7-,12-9-,19-16-,21-18-,26-23-,28-25-,33-31-,34-32-,37-36-,41-39-,45-43-,46-27-. The van der Waals surface area contributed by atoms with Gasteiger partial charge in [-0.3, -0.25) is 14.4 Å². The number of allylic oxidation sites excluding steroid dienone is 24. The van der Waals surface area contributed by atoms with Gasteiger partial charge in [-0.25, -0.2) is 0 Å². The second-order valence-electron chi connectivity index (χ2n) is 21.6. The molecule has 0 aromatic rings. The minimum Gasteiger partial charge on any atom is -0.462 e. The molecule has 0 aromatic carbocycles. The minimum atomic E-state index is -0.804. The predicted molar refractivity (Wildman–Crippen MR) is 352 cm³/mol. The summed E-state index contributed by atoms with van der Waals surface area (Å²) in [7, 11) is 0. The Hall–Kier alpha value is -4.71. The highest BCUT2D eigenvalue weighted by Crippen LogP contribution is 2.15. The Labute approximate surface area is 499 Å².